The Kier molecular flexibility index (Phi) is 4.50. The smallest absolute Gasteiger partial charge is 0.247 e. The Bertz CT molecular complexity index is 738. The Hall–Kier alpha value is -2.50. The summed E-state index contributed by atoms with van der Waals surface area (Å²) in [5, 5.41) is 21.7. The average molecular weight is 333 g/mol. The SMILES string of the molecule is N#CC1COCCN1C(=O)Cn1nnc(-c2ccc(Cl)cc2)n1. The van der Waals surface area contributed by atoms with Crippen molar-refractivity contribution in [3.05, 3.63) is 29.3 Å². The minimum Gasteiger partial charge on any atom is -0.376 e. The monoisotopic (exact) mass is 332 g/mol. The molecule has 1 unspecified atom stereocenters. The molecule has 2 aromatic rings. The lowest BCUT2D eigenvalue weighted by atomic mass is 10.2. The third-order valence-electron chi connectivity index (χ3n) is 3.43. The topological polar surface area (TPSA) is 96.9 Å². The zero-order chi connectivity index (χ0) is 16.2. The predicted octanol–water partition coefficient (Wildman–Crippen LogP) is 0.744. The lowest BCUT2D eigenvalue weighted by molar-refractivity contribution is -0.138. The van der Waals surface area contributed by atoms with Crippen LogP contribution in [0.4, 0.5) is 0 Å². The molecule has 0 spiro atoms. The van der Waals surface area contributed by atoms with Crippen LogP contribution in [0.25, 0.3) is 11.4 Å². The maximum atomic E-state index is 12.3. The van der Waals surface area contributed by atoms with Crippen LogP contribution in [0.2, 0.25) is 5.02 Å². The van der Waals surface area contributed by atoms with Gasteiger partial charge in [0.05, 0.1) is 19.3 Å². The normalized spacial score (nSPS) is 17.7. The summed E-state index contributed by atoms with van der Waals surface area (Å²) in [5.74, 6) is 0.174. The first kappa shape index (κ1) is 15.4. The third-order valence-corrected chi connectivity index (χ3v) is 3.68. The van der Waals surface area contributed by atoms with E-state index in [-0.39, 0.29) is 19.1 Å². The number of aromatic nitrogens is 4. The Morgan fingerprint density at radius 3 is 2.96 bits per heavy atom. The number of nitrogens with zero attached hydrogens (tertiary/aromatic N) is 6. The number of rotatable bonds is 3. The molecule has 1 fully saturated rings. The van der Waals surface area contributed by atoms with E-state index >= 15 is 0 Å². The molecule has 0 radical (unpaired) electrons. The number of morpholine rings is 1. The van der Waals surface area contributed by atoms with Crippen molar-refractivity contribution < 1.29 is 9.53 Å². The van der Waals surface area contributed by atoms with Gasteiger partial charge in [-0.1, -0.05) is 11.6 Å². The Morgan fingerprint density at radius 2 is 2.22 bits per heavy atom. The molecule has 0 bridgehead atoms. The van der Waals surface area contributed by atoms with Crippen LogP contribution < -0.4 is 0 Å². The van der Waals surface area contributed by atoms with Crippen LogP contribution in [0.15, 0.2) is 24.3 Å². The van der Waals surface area contributed by atoms with Gasteiger partial charge in [0.15, 0.2) is 0 Å². The fourth-order valence-corrected chi connectivity index (χ4v) is 2.37. The van der Waals surface area contributed by atoms with E-state index in [1.54, 1.807) is 24.3 Å². The van der Waals surface area contributed by atoms with E-state index < -0.39 is 6.04 Å². The van der Waals surface area contributed by atoms with E-state index in [0.29, 0.717) is 24.0 Å². The van der Waals surface area contributed by atoms with Gasteiger partial charge in [-0.3, -0.25) is 4.79 Å². The molecule has 9 heteroatoms. The first-order valence-electron chi connectivity index (χ1n) is 6.98. The van der Waals surface area contributed by atoms with Gasteiger partial charge in [-0.15, -0.1) is 10.2 Å². The van der Waals surface area contributed by atoms with Crippen molar-refractivity contribution in [2.75, 3.05) is 19.8 Å². The quantitative estimate of drug-likeness (QED) is 0.822. The van der Waals surface area contributed by atoms with Crippen molar-refractivity contribution in [3.63, 3.8) is 0 Å². The summed E-state index contributed by atoms with van der Waals surface area (Å²) in [7, 11) is 0. The Labute approximate surface area is 137 Å². The standard InChI is InChI=1S/C14H13ClN6O2/c15-11-3-1-10(2-4-11)14-17-19-21(18-14)8-13(22)20-5-6-23-9-12(20)7-16/h1-4,12H,5-6,8-9H2. The molecule has 0 aliphatic carbocycles. The second-order valence-corrected chi connectivity index (χ2v) is 5.39. The number of carbonyl (C=O) groups is 1. The highest BCUT2D eigenvalue weighted by Gasteiger charge is 2.27. The van der Waals surface area contributed by atoms with Crippen LogP contribution in [0.5, 0.6) is 0 Å². The lowest BCUT2D eigenvalue weighted by Gasteiger charge is -2.31. The van der Waals surface area contributed by atoms with Gasteiger partial charge in [0.25, 0.3) is 0 Å². The van der Waals surface area contributed by atoms with Crippen molar-refractivity contribution in [1.29, 1.82) is 5.26 Å². The van der Waals surface area contributed by atoms with Crippen LogP contribution in [-0.4, -0.2) is 56.8 Å². The number of nitriles is 1. The minimum atomic E-state index is -0.574. The summed E-state index contributed by atoms with van der Waals surface area (Å²) >= 11 is 5.84. The number of halogens is 1. The molecule has 1 atom stereocenters. The van der Waals surface area contributed by atoms with Gasteiger partial charge in [-0.2, -0.15) is 10.1 Å². The first-order valence-corrected chi connectivity index (χ1v) is 7.36. The van der Waals surface area contributed by atoms with Gasteiger partial charge in [0.1, 0.15) is 12.6 Å². The van der Waals surface area contributed by atoms with Crippen molar-refractivity contribution in [2.24, 2.45) is 0 Å². The van der Waals surface area contributed by atoms with E-state index in [2.05, 4.69) is 21.5 Å². The number of benzene rings is 1. The highest BCUT2D eigenvalue weighted by atomic mass is 35.5. The van der Waals surface area contributed by atoms with Crippen molar-refractivity contribution in [1.82, 2.24) is 25.1 Å². The zero-order valence-electron chi connectivity index (χ0n) is 12.1. The second-order valence-electron chi connectivity index (χ2n) is 4.96. The van der Waals surface area contributed by atoms with E-state index in [9.17, 15) is 4.79 Å². The summed E-state index contributed by atoms with van der Waals surface area (Å²) in [6.07, 6.45) is 0. The average Bonchev–Trinajstić information content (AvgIpc) is 3.04. The van der Waals surface area contributed by atoms with E-state index in [1.807, 2.05) is 0 Å². The van der Waals surface area contributed by atoms with Crippen molar-refractivity contribution in [3.8, 4) is 17.5 Å². The van der Waals surface area contributed by atoms with Crippen LogP contribution in [0.1, 0.15) is 0 Å². The fraction of sp³-hybridized carbons (Fsp3) is 0.357. The highest BCUT2D eigenvalue weighted by Crippen LogP contribution is 2.17. The van der Waals surface area contributed by atoms with Gasteiger partial charge in [0.2, 0.25) is 11.7 Å². The molecule has 2 heterocycles. The largest absolute Gasteiger partial charge is 0.376 e. The molecule has 0 N–H and O–H groups in total. The lowest BCUT2D eigenvalue weighted by Crippen LogP contribution is -2.49. The van der Waals surface area contributed by atoms with Gasteiger partial charge >= 0.3 is 0 Å². The first-order chi connectivity index (χ1) is 11.2. The number of tetrazole rings is 1. The Balaban J connectivity index is 1.70. The molecule has 1 saturated heterocycles. The van der Waals surface area contributed by atoms with Gasteiger partial charge in [0, 0.05) is 17.1 Å². The van der Waals surface area contributed by atoms with Gasteiger partial charge < -0.3 is 9.64 Å². The second kappa shape index (κ2) is 6.73. The number of hydrogen-bond acceptors (Lipinski definition) is 6. The molecular formula is C14H13ClN6O2. The molecule has 1 aliphatic rings. The maximum absolute atomic E-state index is 12.3. The molecule has 118 valence electrons. The van der Waals surface area contributed by atoms with E-state index in [4.69, 9.17) is 21.6 Å². The molecule has 1 aliphatic heterocycles. The van der Waals surface area contributed by atoms with Crippen LogP contribution in [0, 0.1) is 11.3 Å². The minimum absolute atomic E-state index is 0.0707. The number of ether oxygens (including phenoxy) is 1. The summed E-state index contributed by atoms with van der Waals surface area (Å²) in [5.41, 5.74) is 0.759. The summed E-state index contributed by atoms with van der Waals surface area (Å²) in [6, 6.07) is 8.50. The fourth-order valence-electron chi connectivity index (χ4n) is 2.25. The summed E-state index contributed by atoms with van der Waals surface area (Å²) in [4.78, 5) is 15.0. The molecule has 3 rings (SSSR count). The molecule has 1 aromatic carbocycles. The summed E-state index contributed by atoms with van der Waals surface area (Å²) in [6.45, 7) is 0.961. The highest BCUT2D eigenvalue weighted by molar-refractivity contribution is 6.30. The van der Waals surface area contributed by atoms with Crippen LogP contribution in [-0.2, 0) is 16.1 Å². The zero-order valence-corrected chi connectivity index (χ0v) is 12.8. The molecule has 0 saturated carbocycles. The van der Waals surface area contributed by atoms with Crippen molar-refractivity contribution >= 4 is 17.5 Å². The summed E-state index contributed by atoms with van der Waals surface area (Å²) < 4.78 is 5.20. The van der Waals surface area contributed by atoms with E-state index in [1.165, 1.54) is 9.70 Å². The van der Waals surface area contributed by atoms with Crippen LogP contribution >= 0.6 is 11.6 Å². The third kappa shape index (κ3) is 3.47. The maximum Gasteiger partial charge on any atom is 0.247 e. The number of carbonyl (C=O) groups excluding carboxylic acids is 1. The number of amides is 1. The molecule has 8 nitrogen and oxygen atoms in total. The van der Waals surface area contributed by atoms with Crippen LogP contribution in [0.3, 0.4) is 0 Å². The van der Waals surface area contributed by atoms with Gasteiger partial charge in [-0.25, -0.2) is 0 Å². The molecule has 1 amide bonds. The van der Waals surface area contributed by atoms with Crippen molar-refractivity contribution in [2.45, 2.75) is 12.6 Å². The Morgan fingerprint density at radius 1 is 1.43 bits per heavy atom. The van der Waals surface area contributed by atoms with E-state index in [0.717, 1.165) is 5.56 Å². The number of hydrogen-bond donors (Lipinski definition) is 0. The predicted molar refractivity (Wildman–Crippen MR) is 80.2 cm³/mol. The molecule has 23 heavy (non-hydrogen) atoms. The van der Waals surface area contributed by atoms with Gasteiger partial charge in [-0.05, 0) is 29.5 Å². The molecule has 1 aromatic heterocycles. The molecular weight excluding hydrogens is 320 g/mol.